The number of carboxylic acids is 1. The zero-order chi connectivity index (χ0) is 13.5. The van der Waals surface area contributed by atoms with Crippen LogP contribution in [0.25, 0.3) is 0 Å². The van der Waals surface area contributed by atoms with Crippen molar-refractivity contribution < 1.29 is 14.7 Å². The van der Waals surface area contributed by atoms with E-state index in [4.69, 9.17) is 5.11 Å². The van der Waals surface area contributed by atoms with Crippen LogP contribution in [0, 0.1) is 11.8 Å². The van der Waals surface area contributed by atoms with Crippen LogP contribution in [-0.4, -0.2) is 23.0 Å². The third-order valence-electron chi connectivity index (χ3n) is 3.51. The molecule has 0 bridgehead atoms. The number of rotatable bonds is 6. The van der Waals surface area contributed by atoms with Crippen LogP contribution in [0.2, 0.25) is 0 Å². The van der Waals surface area contributed by atoms with Gasteiger partial charge in [-0.25, -0.2) is 0 Å². The van der Waals surface area contributed by atoms with Crippen molar-refractivity contribution in [3.63, 3.8) is 0 Å². The van der Waals surface area contributed by atoms with Gasteiger partial charge in [0.2, 0.25) is 5.91 Å². The molecule has 1 atom stereocenters. The second kappa shape index (κ2) is 7.39. The second-order valence-corrected chi connectivity index (χ2v) is 5.77. The first-order valence-electron chi connectivity index (χ1n) is 7.01. The van der Waals surface area contributed by atoms with E-state index < -0.39 is 11.9 Å². The van der Waals surface area contributed by atoms with Gasteiger partial charge >= 0.3 is 5.97 Å². The molecule has 1 rings (SSSR count). The third kappa shape index (κ3) is 5.52. The Balaban J connectivity index is 2.37. The summed E-state index contributed by atoms with van der Waals surface area (Å²) in [4.78, 5) is 22.9. The smallest absolute Gasteiger partial charge is 0.307 e. The van der Waals surface area contributed by atoms with Gasteiger partial charge in [-0.3, -0.25) is 9.59 Å². The molecule has 1 amide bonds. The predicted molar refractivity (Wildman–Crippen MR) is 70.2 cm³/mol. The van der Waals surface area contributed by atoms with Crippen LogP contribution in [-0.2, 0) is 9.59 Å². The minimum Gasteiger partial charge on any atom is -0.481 e. The lowest BCUT2D eigenvalue weighted by Crippen LogP contribution is -2.38. The molecule has 0 aromatic heterocycles. The van der Waals surface area contributed by atoms with Crippen molar-refractivity contribution in [2.45, 2.75) is 64.8 Å². The first kappa shape index (κ1) is 15.0. The molecule has 18 heavy (non-hydrogen) atoms. The normalized spacial score (nSPS) is 18.6. The van der Waals surface area contributed by atoms with Gasteiger partial charge in [-0.05, 0) is 25.2 Å². The molecule has 104 valence electrons. The van der Waals surface area contributed by atoms with Crippen LogP contribution < -0.4 is 5.32 Å². The van der Waals surface area contributed by atoms with Crippen LogP contribution in [0.15, 0.2) is 0 Å². The summed E-state index contributed by atoms with van der Waals surface area (Å²) in [6.45, 7) is 3.96. The summed E-state index contributed by atoms with van der Waals surface area (Å²) in [6.07, 6.45) is 6.33. The van der Waals surface area contributed by atoms with E-state index in [0.29, 0.717) is 12.3 Å². The van der Waals surface area contributed by atoms with Gasteiger partial charge in [0.05, 0.1) is 5.92 Å². The molecule has 0 radical (unpaired) electrons. The summed E-state index contributed by atoms with van der Waals surface area (Å²) in [5, 5.41) is 12.1. The van der Waals surface area contributed by atoms with Gasteiger partial charge in [0.25, 0.3) is 0 Å². The summed E-state index contributed by atoms with van der Waals surface area (Å²) in [5.74, 6) is -1.21. The quantitative estimate of drug-likeness (QED) is 0.766. The Hall–Kier alpha value is -1.06. The maximum Gasteiger partial charge on any atom is 0.307 e. The van der Waals surface area contributed by atoms with Crippen molar-refractivity contribution >= 4 is 11.9 Å². The third-order valence-corrected chi connectivity index (χ3v) is 3.51. The van der Waals surface area contributed by atoms with E-state index >= 15 is 0 Å². The minimum atomic E-state index is -0.859. The summed E-state index contributed by atoms with van der Waals surface area (Å²) in [6, 6.07) is 0.264. The maximum atomic E-state index is 11.8. The van der Waals surface area contributed by atoms with Crippen molar-refractivity contribution in [3.8, 4) is 0 Å². The molecule has 2 N–H and O–H groups in total. The number of aliphatic carboxylic acids is 1. The molecule has 1 saturated carbocycles. The summed E-state index contributed by atoms with van der Waals surface area (Å²) < 4.78 is 0. The number of carbonyl (C=O) groups excluding carboxylic acids is 1. The summed E-state index contributed by atoms with van der Waals surface area (Å²) in [5.41, 5.74) is 0. The molecule has 0 aliphatic heterocycles. The molecule has 0 aromatic rings. The molecular formula is C14H25NO3. The van der Waals surface area contributed by atoms with Gasteiger partial charge < -0.3 is 10.4 Å². The van der Waals surface area contributed by atoms with E-state index in [-0.39, 0.29) is 18.4 Å². The highest BCUT2D eigenvalue weighted by atomic mass is 16.4. The Morgan fingerprint density at radius 2 is 1.83 bits per heavy atom. The monoisotopic (exact) mass is 255 g/mol. The Labute approximate surface area is 109 Å². The molecule has 0 heterocycles. The van der Waals surface area contributed by atoms with Gasteiger partial charge in [0.1, 0.15) is 0 Å². The van der Waals surface area contributed by atoms with E-state index in [1.54, 1.807) is 0 Å². The standard InChI is InChI=1S/C14H25NO3/c1-10(2)8-11(14(17)18)9-13(16)15-12-6-4-3-5-7-12/h10-12H,3-9H2,1-2H3,(H,15,16)(H,17,18)/t11-/m1/s1. The number of nitrogens with one attached hydrogen (secondary N) is 1. The largest absolute Gasteiger partial charge is 0.481 e. The first-order valence-corrected chi connectivity index (χ1v) is 7.01. The van der Waals surface area contributed by atoms with Crippen molar-refractivity contribution in [2.24, 2.45) is 11.8 Å². The lowest BCUT2D eigenvalue weighted by Gasteiger charge is -2.23. The van der Waals surface area contributed by atoms with E-state index in [1.165, 1.54) is 19.3 Å². The second-order valence-electron chi connectivity index (χ2n) is 5.77. The van der Waals surface area contributed by atoms with Crippen LogP contribution in [0.1, 0.15) is 58.8 Å². The maximum absolute atomic E-state index is 11.8. The van der Waals surface area contributed by atoms with Crippen LogP contribution >= 0.6 is 0 Å². The molecule has 1 aliphatic carbocycles. The average molecular weight is 255 g/mol. The van der Waals surface area contributed by atoms with Crippen molar-refractivity contribution in [1.82, 2.24) is 5.32 Å². The fourth-order valence-electron chi connectivity index (χ4n) is 2.60. The van der Waals surface area contributed by atoms with Gasteiger partial charge in [0, 0.05) is 12.5 Å². The highest BCUT2D eigenvalue weighted by molar-refractivity contribution is 5.82. The highest BCUT2D eigenvalue weighted by Gasteiger charge is 2.24. The van der Waals surface area contributed by atoms with Crippen molar-refractivity contribution in [3.05, 3.63) is 0 Å². The number of amides is 1. The van der Waals surface area contributed by atoms with E-state index in [2.05, 4.69) is 5.32 Å². The van der Waals surface area contributed by atoms with Crippen molar-refractivity contribution in [1.29, 1.82) is 0 Å². The molecule has 4 nitrogen and oxygen atoms in total. The Kier molecular flexibility index (Phi) is 6.16. The Morgan fingerprint density at radius 3 is 2.33 bits per heavy atom. The summed E-state index contributed by atoms with van der Waals surface area (Å²) >= 11 is 0. The lowest BCUT2D eigenvalue weighted by molar-refractivity contribution is -0.144. The average Bonchev–Trinajstić information content (AvgIpc) is 2.28. The van der Waals surface area contributed by atoms with Crippen molar-refractivity contribution in [2.75, 3.05) is 0 Å². The number of carboxylic acid groups (broad SMARTS) is 1. The van der Waals surface area contributed by atoms with E-state index in [9.17, 15) is 9.59 Å². The summed E-state index contributed by atoms with van der Waals surface area (Å²) in [7, 11) is 0. The molecule has 4 heteroatoms. The molecule has 0 saturated heterocycles. The van der Waals surface area contributed by atoms with Crippen LogP contribution in [0.3, 0.4) is 0 Å². The Morgan fingerprint density at radius 1 is 1.22 bits per heavy atom. The molecule has 1 aliphatic rings. The predicted octanol–water partition coefficient (Wildman–Crippen LogP) is 2.57. The number of hydrogen-bond acceptors (Lipinski definition) is 2. The number of carbonyl (C=O) groups is 2. The molecule has 0 aromatic carbocycles. The molecular weight excluding hydrogens is 230 g/mol. The highest BCUT2D eigenvalue weighted by Crippen LogP contribution is 2.19. The van der Waals surface area contributed by atoms with Crippen LogP contribution in [0.4, 0.5) is 0 Å². The van der Waals surface area contributed by atoms with E-state index in [0.717, 1.165) is 12.8 Å². The minimum absolute atomic E-state index is 0.102. The van der Waals surface area contributed by atoms with E-state index in [1.807, 2.05) is 13.8 Å². The van der Waals surface area contributed by atoms with Crippen LogP contribution in [0.5, 0.6) is 0 Å². The molecule has 0 spiro atoms. The lowest BCUT2D eigenvalue weighted by atomic mass is 9.92. The SMILES string of the molecule is CC(C)C[C@H](CC(=O)NC1CCCCC1)C(=O)O. The van der Waals surface area contributed by atoms with Gasteiger partial charge in [-0.1, -0.05) is 33.1 Å². The zero-order valence-corrected chi connectivity index (χ0v) is 11.4. The molecule has 0 unspecified atom stereocenters. The van der Waals surface area contributed by atoms with Gasteiger partial charge in [-0.15, -0.1) is 0 Å². The van der Waals surface area contributed by atoms with Gasteiger partial charge in [0.15, 0.2) is 0 Å². The topological polar surface area (TPSA) is 66.4 Å². The fraction of sp³-hybridized carbons (Fsp3) is 0.857. The first-order chi connectivity index (χ1) is 8.49. The van der Waals surface area contributed by atoms with Gasteiger partial charge in [-0.2, -0.15) is 0 Å². The zero-order valence-electron chi connectivity index (χ0n) is 11.4. The number of hydrogen-bond donors (Lipinski definition) is 2. The molecule has 1 fully saturated rings. The Bertz CT molecular complexity index is 283. The fourth-order valence-corrected chi connectivity index (χ4v) is 2.60.